The fourth-order valence-corrected chi connectivity index (χ4v) is 4.98. The molecular formula is C21H36N3O3S+. The van der Waals surface area contributed by atoms with Crippen LogP contribution in [-0.2, 0) is 14.8 Å². The van der Waals surface area contributed by atoms with Crippen molar-refractivity contribution in [2.75, 3.05) is 32.7 Å². The molecule has 0 radical (unpaired) electrons. The van der Waals surface area contributed by atoms with Crippen LogP contribution in [0.5, 0.6) is 0 Å². The van der Waals surface area contributed by atoms with Gasteiger partial charge in [-0.2, -0.15) is 4.31 Å². The third kappa shape index (κ3) is 6.29. The van der Waals surface area contributed by atoms with E-state index in [9.17, 15) is 13.2 Å². The van der Waals surface area contributed by atoms with Gasteiger partial charge >= 0.3 is 0 Å². The monoisotopic (exact) mass is 410 g/mol. The van der Waals surface area contributed by atoms with Crippen molar-refractivity contribution in [3.8, 4) is 0 Å². The molecule has 28 heavy (non-hydrogen) atoms. The Kier molecular flexibility index (Phi) is 8.04. The van der Waals surface area contributed by atoms with Crippen molar-refractivity contribution in [2.24, 2.45) is 5.92 Å². The molecule has 0 spiro atoms. The molecule has 1 saturated heterocycles. The van der Waals surface area contributed by atoms with Gasteiger partial charge in [0, 0.05) is 6.04 Å². The number of aryl methyl sites for hydroxylation is 2. The van der Waals surface area contributed by atoms with Crippen molar-refractivity contribution in [3.05, 3.63) is 29.3 Å². The van der Waals surface area contributed by atoms with Gasteiger partial charge in [0.1, 0.15) is 0 Å². The zero-order chi connectivity index (χ0) is 20.9. The Morgan fingerprint density at radius 2 is 1.75 bits per heavy atom. The third-order valence-electron chi connectivity index (χ3n) is 5.54. The molecule has 1 aliphatic rings. The van der Waals surface area contributed by atoms with E-state index >= 15 is 0 Å². The van der Waals surface area contributed by atoms with Crippen LogP contribution in [0.3, 0.4) is 0 Å². The second-order valence-electron chi connectivity index (χ2n) is 8.52. The van der Waals surface area contributed by atoms with E-state index in [4.69, 9.17) is 0 Å². The van der Waals surface area contributed by atoms with Crippen LogP contribution in [0.25, 0.3) is 0 Å². The van der Waals surface area contributed by atoms with Gasteiger partial charge in [-0.1, -0.05) is 19.9 Å². The number of hydrogen-bond donors (Lipinski definition) is 2. The van der Waals surface area contributed by atoms with E-state index in [0.29, 0.717) is 43.5 Å². The van der Waals surface area contributed by atoms with Crippen LogP contribution in [0.4, 0.5) is 0 Å². The van der Waals surface area contributed by atoms with Gasteiger partial charge in [0.25, 0.3) is 5.91 Å². The fraction of sp³-hybridized carbons (Fsp3) is 0.667. The number of amides is 1. The van der Waals surface area contributed by atoms with E-state index in [-0.39, 0.29) is 11.9 Å². The number of rotatable bonds is 8. The first-order valence-corrected chi connectivity index (χ1v) is 11.7. The van der Waals surface area contributed by atoms with Gasteiger partial charge in [-0.15, -0.1) is 0 Å². The molecule has 2 rings (SSSR count). The lowest BCUT2D eigenvalue weighted by Crippen LogP contribution is -3.15. The van der Waals surface area contributed by atoms with Gasteiger partial charge in [-0.25, -0.2) is 8.42 Å². The molecule has 1 fully saturated rings. The molecule has 0 unspecified atom stereocenters. The van der Waals surface area contributed by atoms with E-state index in [0.717, 1.165) is 28.9 Å². The van der Waals surface area contributed by atoms with Crippen LogP contribution in [0.2, 0.25) is 0 Å². The van der Waals surface area contributed by atoms with Gasteiger partial charge in [0.15, 0.2) is 6.54 Å². The highest BCUT2D eigenvalue weighted by atomic mass is 32.2. The molecule has 1 atom stereocenters. The first kappa shape index (κ1) is 22.8. The molecule has 0 aromatic heterocycles. The van der Waals surface area contributed by atoms with E-state index in [1.807, 2.05) is 26.8 Å². The van der Waals surface area contributed by atoms with Crippen LogP contribution in [0.15, 0.2) is 23.1 Å². The average molecular weight is 411 g/mol. The van der Waals surface area contributed by atoms with Crippen LogP contribution in [0.1, 0.15) is 44.7 Å². The summed E-state index contributed by atoms with van der Waals surface area (Å²) in [6.45, 7) is 12.9. The number of benzene rings is 1. The maximum atomic E-state index is 12.9. The lowest BCUT2D eigenvalue weighted by Gasteiger charge is -2.31. The Labute approximate surface area is 170 Å². The van der Waals surface area contributed by atoms with Gasteiger partial charge in [0.2, 0.25) is 10.0 Å². The normalized spacial score (nSPS) is 17.6. The Balaban J connectivity index is 1.85. The van der Waals surface area contributed by atoms with Crippen LogP contribution in [-0.4, -0.2) is 57.4 Å². The smallest absolute Gasteiger partial charge is 0.275 e. The van der Waals surface area contributed by atoms with Crippen molar-refractivity contribution in [1.29, 1.82) is 0 Å². The molecule has 0 bridgehead atoms. The first-order chi connectivity index (χ1) is 13.1. The maximum Gasteiger partial charge on any atom is 0.275 e. The molecule has 0 saturated carbocycles. The molecular weight excluding hydrogens is 374 g/mol. The third-order valence-corrected chi connectivity index (χ3v) is 7.44. The minimum absolute atomic E-state index is 0.0525. The summed E-state index contributed by atoms with van der Waals surface area (Å²) in [7, 11) is -3.47. The quantitative estimate of drug-likeness (QED) is 0.675. The van der Waals surface area contributed by atoms with Crippen LogP contribution in [0, 0.1) is 19.8 Å². The molecule has 1 heterocycles. The summed E-state index contributed by atoms with van der Waals surface area (Å²) in [5.74, 6) is 0.689. The number of hydrogen-bond acceptors (Lipinski definition) is 3. The lowest BCUT2D eigenvalue weighted by molar-refractivity contribution is -0.895. The van der Waals surface area contributed by atoms with Crippen molar-refractivity contribution >= 4 is 15.9 Å². The molecule has 1 aromatic carbocycles. The first-order valence-electron chi connectivity index (χ1n) is 10.3. The molecule has 1 amide bonds. The van der Waals surface area contributed by atoms with E-state index in [2.05, 4.69) is 19.2 Å². The number of piperazine rings is 1. The Hall–Kier alpha value is -1.44. The molecule has 7 heteroatoms. The molecule has 0 aliphatic carbocycles. The Bertz CT molecular complexity index is 769. The molecule has 158 valence electrons. The number of quaternary nitrogens is 1. The van der Waals surface area contributed by atoms with Crippen molar-refractivity contribution in [1.82, 2.24) is 9.62 Å². The number of nitrogens with one attached hydrogen (secondary N) is 2. The molecule has 2 N–H and O–H groups in total. The van der Waals surface area contributed by atoms with Crippen molar-refractivity contribution in [2.45, 2.75) is 58.4 Å². The predicted octanol–water partition coefficient (Wildman–Crippen LogP) is 1.13. The number of carbonyl (C=O) groups excluding carboxylic acids is 1. The van der Waals surface area contributed by atoms with Gasteiger partial charge in [-0.3, -0.25) is 4.79 Å². The molecule has 1 aromatic rings. The number of carbonyl (C=O) groups is 1. The van der Waals surface area contributed by atoms with Crippen molar-refractivity contribution in [3.63, 3.8) is 0 Å². The molecule has 6 nitrogen and oxygen atoms in total. The van der Waals surface area contributed by atoms with E-state index in [1.54, 1.807) is 16.4 Å². The summed E-state index contributed by atoms with van der Waals surface area (Å²) in [5.41, 5.74) is 2.07. The summed E-state index contributed by atoms with van der Waals surface area (Å²) >= 11 is 0. The lowest BCUT2D eigenvalue weighted by atomic mass is 10.0. The highest BCUT2D eigenvalue weighted by molar-refractivity contribution is 7.89. The summed E-state index contributed by atoms with van der Waals surface area (Å²) in [5, 5.41) is 3.07. The SMILES string of the molecule is Cc1ccc(S(=O)(=O)N2CC[NH+](CC(=O)N[C@@H](C)CCC(C)C)CC2)cc1C. The second kappa shape index (κ2) is 9.85. The highest BCUT2D eigenvalue weighted by Gasteiger charge is 2.31. The predicted molar refractivity (Wildman–Crippen MR) is 112 cm³/mol. The Morgan fingerprint density at radius 1 is 1.11 bits per heavy atom. The number of nitrogens with zero attached hydrogens (tertiary/aromatic N) is 1. The average Bonchev–Trinajstić information content (AvgIpc) is 2.62. The van der Waals surface area contributed by atoms with Gasteiger partial charge < -0.3 is 10.2 Å². The summed E-state index contributed by atoms with van der Waals surface area (Å²) in [6.07, 6.45) is 2.09. The minimum Gasteiger partial charge on any atom is -0.349 e. The van der Waals surface area contributed by atoms with E-state index < -0.39 is 10.0 Å². The highest BCUT2D eigenvalue weighted by Crippen LogP contribution is 2.19. The Morgan fingerprint density at radius 3 is 2.32 bits per heavy atom. The maximum absolute atomic E-state index is 12.9. The molecule has 1 aliphatic heterocycles. The van der Waals surface area contributed by atoms with Crippen LogP contribution < -0.4 is 10.2 Å². The zero-order valence-electron chi connectivity index (χ0n) is 17.9. The standard InChI is InChI=1S/C21H35N3O3S/c1-16(2)6-8-19(5)22-21(25)15-23-10-12-24(13-11-23)28(26,27)20-9-7-17(3)18(4)14-20/h7,9,14,16,19H,6,8,10-13,15H2,1-5H3,(H,22,25)/p+1/t19-/m0/s1. The van der Waals surface area contributed by atoms with E-state index in [1.165, 1.54) is 0 Å². The largest absolute Gasteiger partial charge is 0.349 e. The van der Waals surface area contributed by atoms with Crippen molar-refractivity contribution < 1.29 is 18.1 Å². The van der Waals surface area contributed by atoms with Gasteiger partial charge in [0.05, 0.1) is 31.1 Å². The topological polar surface area (TPSA) is 70.9 Å². The summed E-state index contributed by atoms with van der Waals surface area (Å²) < 4.78 is 27.3. The fourth-order valence-electron chi connectivity index (χ4n) is 3.45. The summed E-state index contributed by atoms with van der Waals surface area (Å²) in [4.78, 5) is 13.8. The van der Waals surface area contributed by atoms with Crippen LogP contribution >= 0.6 is 0 Å². The number of sulfonamides is 1. The zero-order valence-corrected chi connectivity index (χ0v) is 18.7. The van der Waals surface area contributed by atoms with Gasteiger partial charge in [-0.05, 0) is 62.8 Å². The minimum atomic E-state index is -3.47. The second-order valence-corrected chi connectivity index (χ2v) is 10.5. The summed E-state index contributed by atoms with van der Waals surface area (Å²) in [6, 6.07) is 5.47.